The van der Waals surface area contributed by atoms with E-state index in [4.69, 9.17) is 0 Å². The molecule has 3 aromatic rings. The minimum atomic E-state index is -0.395. The predicted molar refractivity (Wildman–Crippen MR) is 104 cm³/mol. The molecule has 8 heteroatoms. The number of carbonyl (C=O) groups excluding carboxylic acids is 2. The van der Waals surface area contributed by atoms with Crippen LogP contribution in [0.25, 0.3) is 0 Å². The fourth-order valence-corrected chi connectivity index (χ4v) is 3.66. The van der Waals surface area contributed by atoms with Gasteiger partial charge in [-0.3, -0.25) is 9.59 Å². The second kappa shape index (κ2) is 7.85. The average Bonchev–Trinajstić information content (AvgIpc) is 3.23. The van der Waals surface area contributed by atoms with Gasteiger partial charge in [-0.25, -0.2) is 4.39 Å². The van der Waals surface area contributed by atoms with Gasteiger partial charge < -0.3 is 10.2 Å². The lowest BCUT2D eigenvalue weighted by Gasteiger charge is -2.28. The van der Waals surface area contributed by atoms with Crippen molar-refractivity contribution in [1.29, 1.82) is 0 Å². The van der Waals surface area contributed by atoms with E-state index >= 15 is 0 Å². The topological polar surface area (TPSA) is 75.2 Å². The zero-order valence-electron chi connectivity index (χ0n) is 14.9. The molecule has 0 radical (unpaired) electrons. The third-order valence-electron chi connectivity index (χ3n) is 4.68. The Morgan fingerprint density at radius 2 is 2.04 bits per heavy atom. The summed E-state index contributed by atoms with van der Waals surface area (Å²) in [4.78, 5) is 26.5. The summed E-state index contributed by atoms with van der Waals surface area (Å²) >= 11 is 1.01. The molecule has 0 saturated heterocycles. The molecule has 1 aliphatic rings. The van der Waals surface area contributed by atoms with Crippen LogP contribution in [0.15, 0.2) is 48.7 Å². The summed E-state index contributed by atoms with van der Waals surface area (Å²) in [6.07, 6.45) is 2.18. The molecule has 28 heavy (non-hydrogen) atoms. The fourth-order valence-electron chi connectivity index (χ4n) is 3.25. The SMILES string of the molecule is O=C(Cc1ccccc1F)Nc1ccc2c(c1)CN(C(=O)c1cnsn1)CC2. The smallest absolute Gasteiger partial charge is 0.275 e. The van der Waals surface area contributed by atoms with Crippen molar-refractivity contribution in [2.75, 3.05) is 11.9 Å². The number of amides is 2. The van der Waals surface area contributed by atoms with Gasteiger partial charge in [0.2, 0.25) is 5.91 Å². The number of hydrogen-bond donors (Lipinski definition) is 1. The van der Waals surface area contributed by atoms with E-state index in [0.29, 0.717) is 30.0 Å². The van der Waals surface area contributed by atoms with Crippen molar-refractivity contribution >= 4 is 29.2 Å². The maximum Gasteiger partial charge on any atom is 0.275 e. The van der Waals surface area contributed by atoms with E-state index < -0.39 is 5.82 Å². The van der Waals surface area contributed by atoms with Crippen molar-refractivity contribution in [3.63, 3.8) is 0 Å². The van der Waals surface area contributed by atoms with Gasteiger partial charge in [-0.05, 0) is 41.3 Å². The highest BCUT2D eigenvalue weighted by Crippen LogP contribution is 2.24. The number of fused-ring (bicyclic) bond motifs is 1. The molecule has 0 fully saturated rings. The molecule has 0 aliphatic carbocycles. The van der Waals surface area contributed by atoms with Gasteiger partial charge in [0.25, 0.3) is 5.91 Å². The number of nitrogens with one attached hydrogen (secondary N) is 1. The Balaban J connectivity index is 1.45. The number of nitrogens with zero attached hydrogens (tertiary/aromatic N) is 3. The van der Waals surface area contributed by atoms with Crippen LogP contribution < -0.4 is 5.32 Å². The van der Waals surface area contributed by atoms with Crippen molar-refractivity contribution in [3.05, 3.63) is 76.9 Å². The number of rotatable bonds is 4. The lowest BCUT2D eigenvalue weighted by atomic mass is 9.98. The van der Waals surface area contributed by atoms with Crippen LogP contribution >= 0.6 is 11.7 Å². The molecular formula is C20H17FN4O2S. The number of anilines is 1. The Hall–Kier alpha value is -3.13. The molecule has 0 spiro atoms. The van der Waals surface area contributed by atoms with Crippen LogP contribution in [0.1, 0.15) is 27.2 Å². The van der Waals surface area contributed by atoms with Crippen LogP contribution in [-0.4, -0.2) is 32.0 Å². The van der Waals surface area contributed by atoms with Gasteiger partial charge in [0.1, 0.15) is 5.82 Å². The summed E-state index contributed by atoms with van der Waals surface area (Å²) in [5, 5.41) is 2.81. The van der Waals surface area contributed by atoms with E-state index in [-0.39, 0.29) is 18.2 Å². The standard InChI is InChI=1S/C20H17FN4O2S/c21-17-4-2-1-3-14(17)10-19(26)23-16-6-5-13-7-8-25(12-15(13)9-16)20(27)18-11-22-28-24-18/h1-6,9,11H,7-8,10,12H2,(H,23,26). The lowest BCUT2D eigenvalue weighted by molar-refractivity contribution is -0.115. The van der Waals surface area contributed by atoms with Gasteiger partial charge >= 0.3 is 0 Å². The van der Waals surface area contributed by atoms with Crippen LogP contribution in [0.4, 0.5) is 10.1 Å². The van der Waals surface area contributed by atoms with Crippen molar-refractivity contribution in [3.8, 4) is 0 Å². The minimum Gasteiger partial charge on any atom is -0.333 e. The fraction of sp³-hybridized carbons (Fsp3) is 0.200. The Labute approximate surface area is 165 Å². The van der Waals surface area contributed by atoms with Crippen molar-refractivity contribution in [1.82, 2.24) is 13.6 Å². The van der Waals surface area contributed by atoms with E-state index in [2.05, 4.69) is 14.1 Å². The molecule has 4 rings (SSSR count). The number of hydrogen-bond acceptors (Lipinski definition) is 5. The molecule has 1 N–H and O–H groups in total. The van der Waals surface area contributed by atoms with Crippen molar-refractivity contribution in [2.45, 2.75) is 19.4 Å². The van der Waals surface area contributed by atoms with E-state index in [1.807, 2.05) is 18.2 Å². The second-order valence-corrected chi connectivity index (χ2v) is 7.13. The second-order valence-electron chi connectivity index (χ2n) is 6.57. The van der Waals surface area contributed by atoms with Crippen LogP contribution in [0.5, 0.6) is 0 Å². The summed E-state index contributed by atoms with van der Waals surface area (Å²) in [7, 11) is 0. The normalized spacial score (nSPS) is 13.1. The predicted octanol–water partition coefficient (Wildman–Crippen LogP) is 3.06. The highest BCUT2D eigenvalue weighted by atomic mass is 32.1. The first-order valence-electron chi connectivity index (χ1n) is 8.82. The molecule has 1 aromatic heterocycles. The first-order valence-corrected chi connectivity index (χ1v) is 9.55. The number of carbonyl (C=O) groups is 2. The molecule has 0 unspecified atom stereocenters. The Morgan fingerprint density at radius 1 is 1.18 bits per heavy atom. The Kier molecular flexibility index (Phi) is 5.12. The van der Waals surface area contributed by atoms with Gasteiger partial charge in [-0.15, -0.1) is 0 Å². The summed E-state index contributed by atoms with van der Waals surface area (Å²) in [5.41, 5.74) is 3.46. The first-order chi connectivity index (χ1) is 13.6. The third-order valence-corrected chi connectivity index (χ3v) is 5.16. The van der Waals surface area contributed by atoms with E-state index in [1.54, 1.807) is 23.1 Å². The van der Waals surface area contributed by atoms with Crippen LogP contribution in [0.2, 0.25) is 0 Å². The van der Waals surface area contributed by atoms with Gasteiger partial charge in [0.05, 0.1) is 24.3 Å². The average molecular weight is 396 g/mol. The van der Waals surface area contributed by atoms with Crippen LogP contribution in [-0.2, 0) is 24.2 Å². The molecule has 6 nitrogen and oxygen atoms in total. The lowest BCUT2D eigenvalue weighted by Crippen LogP contribution is -2.36. The molecule has 142 valence electrons. The van der Waals surface area contributed by atoms with Gasteiger partial charge in [-0.2, -0.15) is 8.75 Å². The molecular weight excluding hydrogens is 379 g/mol. The van der Waals surface area contributed by atoms with Crippen molar-refractivity contribution in [2.24, 2.45) is 0 Å². The summed E-state index contributed by atoms with van der Waals surface area (Å²) in [6, 6.07) is 11.9. The summed E-state index contributed by atoms with van der Waals surface area (Å²) < 4.78 is 21.6. The monoisotopic (exact) mass is 396 g/mol. The largest absolute Gasteiger partial charge is 0.333 e. The number of aromatic nitrogens is 2. The highest BCUT2D eigenvalue weighted by molar-refractivity contribution is 6.99. The first kappa shape index (κ1) is 18.2. The molecule has 0 bridgehead atoms. The van der Waals surface area contributed by atoms with E-state index in [0.717, 1.165) is 29.3 Å². The zero-order valence-corrected chi connectivity index (χ0v) is 15.7. The summed E-state index contributed by atoms with van der Waals surface area (Å²) in [5.74, 6) is -0.829. The molecule has 2 heterocycles. The van der Waals surface area contributed by atoms with Crippen molar-refractivity contribution < 1.29 is 14.0 Å². The van der Waals surface area contributed by atoms with Gasteiger partial charge in [0.15, 0.2) is 5.69 Å². The molecule has 1 aliphatic heterocycles. The molecule has 0 atom stereocenters. The maximum absolute atomic E-state index is 13.7. The number of benzene rings is 2. The van der Waals surface area contributed by atoms with Crippen LogP contribution in [0, 0.1) is 5.82 Å². The third kappa shape index (κ3) is 3.91. The zero-order chi connectivity index (χ0) is 19.5. The minimum absolute atomic E-state index is 0.0365. The summed E-state index contributed by atoms with van der Waals surface area (Å²) in [6.45, 7) is 1.06. The van der Waals surface area contributed by atoms with E-state index in [9.17, 15) is 14.0 Å². The molecule has 2 aromatic carbocycles. The van der Waals surface area contributed by atoms with Gasteiger partial charge in [-0.1, -0.05) is 24.3 Å². The maximum atomic E-state index is 13.7. The molecule has 0 saturated carbocycles. The van der Waals surface area contributed by atoms with Crippen LogP contribution in [0.3, 0.4) is 0 Å². The highest BCUT2D eigenvalue weighted by Gasteiger charge is 2.23. The quantitative estimate of drug-likeness (QED) is 0.736. The molecule has 2 amide bonds. The van der Waals surface area contributed by atoms with Gasteiger partial charge in [0, 0.05) is 18.8 Å². The van der Waals surface area contributed by atoms with E-state index in [1.165, 1.54) is 12.3 Å². The Bertz CT molecular complexity index is 1020. The Morgan fingerprint density at radius 3 is 2.82 bits per heavy atom. The number of halogens is 1.